The van der Waals surface area contributed by atoms with Gasteiger partial charge in [0.25, 0.3) is 5.91 Å². The van der Waals surface area contributed by atoms with E-state index in [0.717, 1.165) is 35.7 Å². The van der Waals surface area contributed by atoms with Crippen LogP contribution >= 0.6 is 11.3 Å². The summed E-state index contributed by atoms with van der Waals surface area (Å²) in [5.41, 5.74) is 3.52. The number of thiazole rings is 1. The molecule has 4 heterocycles. The summed E-state index contributed by atoms with van der Waals surface area (Å²) in [6, 6.07) is 10.2. The number of likely N-dealkylation sites (tertiary alicyclic amines) is 1. The molecule has 144 valence electrons. The molecule has 0 N–H and O–H groups in total. The van der Waals surface area contributed by atoms with Gasteiger partial charge in [0.15, 0.2) is 0 Å². The second kappa shape index (κ2) is 6.83. The van der Waals surface area contributed by atoms with Crippen LogP contribution in [0.1, 0.15) is 39.6 Å². The summed E-state index contributed by atoms with van der Waals surface area (Å²) in [4.78, 5) is 19.0. The van der Waals surface area contributed by atoms with Crippen LogP contribution in [-0.2, 0) is 16.8 Å². The van der Waals surface area contributed by atoms with E-state index in [0.29, 0.717) is 25.4 Å². The maximum atomic E-state index is 12.7. The lowest BCUT2D eigenvalue weighted by molar-refractivity contribution is -0.0963. The van der Waals surface area contributed by atoms with E-state index < -0.39 is 0 Å². The number of rotatable bonds is 2. The second-order valence-electron chi connectivity index (χ2n) is 7.42. The number of para-hydroxylation sites is 1. The van der Waals surface area contributed by atoms with E-state index >= 15 is 0 Å². The molecule has 1 spiro atoms. The Morgan fingerprint density at radius 3 is 2.71 bits per heavy atom. The molecule has 1 saturated heterocycles. The SMILES string of the molecule is Cc1nc(C(=O)N2CCC3(CC2)OCCc2cn(-c4ccccc4)nc23)cs1. The highest BCUT2D eigenvalue weighted by Crippen LogP contribution is 2.41. The van der Waals surface area contributed by atoms with E-state index in [2.05, 4.69) is 23.3 Å². The molecule has 2 aromatic heterocycles. The number of ether oxygens (including phenoxy) is 1. The number of nitrogens with zero attached hydrogens (tertiary/aromatic N) is 4. The smallest absolute Gasteiger partial charge is 0.273 e. The van der Waals surface area contributed by atoms with Crippen molar-refractivity contribution >= 4 is 17.2 Å². The topological polar surface area (TPSA) is 60.3 Å². The van der Waals surface area contributed by atoms with E-state index in [-0.39, 0.29) is 11.5 Å². The Labute approximate surface area is 167 Å². The molecule has 1 amide bonds. The zero-order valence-corrected chi connectivity index (χ0v) is 16.6. The molecule has 0 unspecified atom stereocenters. The average molecular weight is 394 g/mol. The fourth-order valence-corrected chi connectivity index (χ4v) is 4.78. The van der Waals surface area contributed by atoms with E-state index in [9.17, 15) is 4.79 Å². The molecule has 28 heavy (non-hydrogen) atoms. The van der Waals surface area contributed by atoms with Crippen LogP contribution in [0.5, 0.6) is 0 Å². The van der Waals surface area contributed by atoms with Crippen LogP contribution < -0.4 is 0 Å². The van der Waals surface area contributed by atoms with E-state index in [4.69, 9.17) is 9.84 Å². The largest absolute Gasteiger partial charge is 0.368 e. The van der Waals surface area contributed by atoms with E-state index in [1.807, 2.05) is 40.1 Å². The third-order valence-electron chi connectivity index (χ3n) is 5.69. The van der Waals surface area contributed by atoms with Gasteiger partial charge in [-0.15, -0.1) is 11.3 Å². The molecule has 0 bridgehead atoms. The van der Waals surface area contributed by atoms with Gasteiger partial charge in [0, 0.05) is 24.7 Å². The monoisotopic (exact) mass is 394 g/mol. The highest BCUT2D eigenvalue weighted by molar-refractivity contribution is 7.09. The van der Waals surface area contributed by atoms with Gasteiger partial charge in [-0.2, -0.15) is 5.10 Å². The molecule has 6 nitrogen and oxygen atoms in total. The van der Waals surface area contributed by atoms with Crippen LogP contribution in [0.2, 0.25) is 0 Å². The first kappa shape index (κ1) is 17.6. The van der Waals surface area contributed by atoms with E-state index in [1.165, 1.54) is 16.9 Å². The Balaban J connectivity index is 1.38. The van der Waals surface area contributed by atoms with Gasteiger partial charge in [0.2, 0.25) is 0 Å². The first-order chi connectivity index (χ1) is 13.6. The van der Waals surface area contributed by atoms with Gasteiger partial charge in [0.05, 0.1) is 23.0 Å². The number of carbonyl (C=O) groups is 1. The molecular formula is C21H22N4O2S. The van der Waals surface area contributed by atoms with Crippen molar-refractivity contribution in [3.8, 4) is 5.69 Å². The molecule has 1 fully saturated rings. The fraction of sp³-hybridized carbons (Fsp3) is 0.381. The molecule has 0 radical (unpaired) electrons. The Hall–Kier alpha value is -2.51. The molecule has 0 atom stereocenters. The molecule has 3 aromatic rings. The summed E-state index contributed by atoms with van der Waals surface area (Å²) in [5, 5.41) is 7.67. The lowest BCUT2D eigenvalue weighted by Crippen LogP contribution is -2.48. The van der Waals surface area contributed by atoms with Crippen LogP contribution in [0.3, 0.4) is 0 Å². The molecule has 0 saturated carbocycles. The number of carbonyl (C=O) groups excluding carboxylic acids is 1. The molecule has 2 aliphatic heterocycles. The van der Waals surface area contributed by atoms with Crippen molar-refractivity contribution in [2.75, 3.05) is 19.7 Å². The number of hydrogen-bond acceptors (Lipinski definition) is 5. The lowest BCUT2D eigenvalue weighted by Gasteiger charge is -2.42. The van der Waals surface area contributed by atoms with Gasteiger partial charge in [0.1, 0.15) is 11.3 Å². The normalized spacial score (nSPS) is 18.2. The van der Waals surface area contributed by atoms with Crippen molar-refractivity contribution in [3.63, 3.8) is 0 Å². The number of aryl methyl sites for hydroxylation is 1. The van der Waals surface area contributed by atoms with Crippen LogP contribution in [0.25, 0.3) is 5.69 Å². The minimum Gasteiger partial charge on any atom is -0.368 e. The van der Waals surface area contributed by atoms with Crippen LogP contribution in [0.4, 0.5) is 0 Å². The van der Waals surface area contributed by atoms with Gasteiger partial charge in [-0.25, -0.2) is 9.67 Å². The third-order valence-corrected chi connectivity index (χ3v) is 6.46. The minimum absolute atomic E-state index is 0.0186. The average Bonchev–Trinajstić information content (AvgIpc) is 3.36. The maximum Gasteiger partial charge on any atom is 0.273 e. The Morgan fingerprint density at radius 1 is 1.21 bits per heavy atom. The Bertz CT molecular complexity index is 1000. The maximum absolute atomic E-state index is 12.7. The number of benzene rings is 1. The van der Waals surface area contributed by atoms with Gasteiger partial charge >= 0.3 is 0 Å². The zero-order valence-electron chi connectivity index (χ0n) is 15.8. The number of fused-ring (bicyclic) bond motifs is 2. The first-order valence-electron chi connectivity index (χ1n) is 9.64. The molecule has 5 rings (SSSR count). The Kier molecular flexibility index (Phi) is 4.29. The summed E-state index contributed by atoms with van der Waals surface area (Å²) < 4.78 is 8.25. The summed E-state index contributed by atoms with van der Waals surface area (Å²) in [6.07, 6.45) is 4.54. The lowest BCUT2D eigenvalue weighted by atomic mass is 9.83. The summed E-state index contributed by atoms with van der Waals surface area (Å²) in [5.74, 6) is 0.0186. The predicted octanol–water partition coefficient (Wildman–Crippen LogP) is 3.34. The number of hydrogen-bond donors (Lipinski definition) is 0. The van der Waals surface area contributed by atoms with Crippen LogP contribution in [0, 0.1) is 6.92 Å². The molecule has 0 aliphatic carbocycles. The van der Waals surface area contributed by atoms with Gasteiger partial charge in [-0.05, 0) is 43.9 Å². The van der Waals surface area contributed by atoms with Crippen molar-refractivity contribution in [3.05, 3.63) is 63.9 Å². The summed E-state index contributed by atoms with van der Waals surface area (Å²) >= 11 is 1.51. The van der Waals surface area contributed by atoms with Crippen molar-refractivity contribution in [1.29, 1.82) is 0 Å². The highest BCUT2D eigenvalue weighted by atomic mass is 32.1. The Morgan fingerprint density at radius 2 is 2.00 bits per heavy atom. The molecular weight excluding hydrogens is 372 g/mol. The molecule has 2 aliphatic rings. The zero-order chi connectivity index (χ0) is 19.1. The quantitative estimate of drug-likeness (QED) is 0.669. The van der Waals surface area contributed by atoms with Crippen molar-refractivity contribution < 1.29 is 9.53 Å². The number of aromatic nitrogens is 3. The summed E-state index contributed by atoms with van der Waals surface area (Å²) in [6.45, 7) is 3.94. The predicted molar refractivity (Wildman–Crippen MR) is 107 cm³/mol. The van der Waals surface area contributed by atoms with Gasteiger partial charge < -0.3 is 9.64 Å². The second-order valence-corrected chi connectivity index (χ2v) is 8.48. The third kappa shape index (κ3) is 2.95. The minimum atomic E-state index is -0.387. The van der Waals surface area contributed by atoms with Gasteiger partial charge in [-0.1, -0.05) is 18.2 Å². The van der Waals surface area contributed by atoms with Crippen molar-refractivity contribution in [2.24, 2.45) is 0 Å². The summed E-state index contributed by atoms with van der Waals surface area (Å²) in [7, 11) is 0. The van der Waals surface area contributed by atoms with Crippen molar-refractivity contribution in [2.45, 2.75) is 31.8 Å². The fourth-order valence-electron chi connectivity index (χ4n) is 4.19. The molecule has 1 aromatic carbocycles. The van der Waals surface area contributed by atoms with Crippen LogP contribution in [0.15, 0.2) is 41.9 Å². The van der Waals surface area contributed by atoms with Crippen molar-refractivity contribution in [1.82, 2.24) is 19.7 Å². The van der Waals surface area contributed by atoms with Gasteiger partial charge in [-0.3, -0.25) is 4.79 Å². The standard InChI is InChI=1S/C21H22N4O2S/c1-15-22-18(14-28-15)20(26)24-10-8-21(9-11-24)19-16(7-12-27-21)13-25(23-19)17-5-3-2-4-6-17/h2-6,13-14H,7-12H2,1H3. The first-order valence-corrected chi connectivity index (χ1v) is 10.5. The highest BCUT2D eigenvalue weighted by Gasteiger charge is 2.44. The number of amides is 1. The van der Waals surface area contributed by atoms with E-state index in [1.54, 1.807) is 0 Å². The number of piperidine rings is 1. The van der Waals surface area contributed by atoms with Crippen LogP contribution in [-0.4, -0.2) is 45.3 Å². The molecule has 7 heteroatoms.